The van der Waals surface area contributed by atoms with Crippen LogP contribution in [-0.4, -0.2) is 31.3 Å². The molecule has 0 bridgehead atoms. The van der Waals surface area contributed by atoms with Gasteiger partial charge in [-0.3, -0.25) is 9.67 Å². The van der Waals surface area contributed by atoms with Crippen LogP contribution in [0.1, 0.15) is 13.3 Å². The molecule has 0 aromatic carbocycles. The first kappa shape index (κ1) is 13.7. The molecule has 3 aromatic rings. The first-order valence-corrected chi connectivity index (χ1v) is 7.65. The summed E-state index contributed by atoms with van der Waals surface area (Å²) >= 11 is 1.53. The molecule has 0 amide bonds. The molecular weight excluding hydrogens is 284 g/mol. The van der Waals surface area contributed by atoms with Gasteiger partial charge in [-0.1, -0.05) is 6.92 Å². The average Bonchev–Trinajstić information content (AvgIpc) is 3.16. The quantitative estimate of drug-likeness (QED) is 0.784. The zero-order valence-corrected chi connectivity index (χ0v) is 12.8. The molecule has 7 heteroatoms. The Morgan fingerprint density at radius 2 is 2.19 bits per heavy atom. The molecule has 0 aliphatic rings. The van der Waals surface area contributed by atoms with Gasteiger partial charge in [0, 0.05) is 37.6 Å². The SMILES string of the molecule is CCCNc1cc(-c2cnn(C)c2)nc(-c2cncs2)n1. The molecule has 3 aromatic heterocycles. The molecule has 0 saturated heterocycles. The number of aryl methyl sites for hydroxylation is 1. The number of thiazole rings is 1. The van der Waals surface area contributed by atoms with Gasteiger partial charge in [0.05, 0.1) is 22.3 Å². The summed E-state index contributed by atoms with van der Waals surface area (Å²) in [5.74, 6) is 1.52. The molecule has 0 unspecified atom stereocenters. The van der Waals surface area contributed by atoms with Crippen LogP contribution in [-0.2, 0) is 7.05 Å². The highest BCUT2D eigenvalue weighted by atomic mass is 32.1. The van der Waals surface area contributed by atoms with Crippen LogP contribution in [0.4, 0.5) is 5.82 Å². The van der Waals surface area contributed by atoms with E-state index in [9.17, 15) is 0 Å². The zero-order valence-electron chi connectivity index (χ0n) is 11.9. The van der Waals surface area contributed by atoms with Gasteiger partial charge in [-0.05, 0) is 6.42 Å². The van der Waals surface area contributed by atoms with Crippen molar-refractivity contribution in [2.24, 2.45) is 7.05 Å². The molecule has 0 radical (unpaired) electrons. The van der Waals surface area contributed by atoms with E-state index < -0.39 is 0 Å². The monoisotopic (exact) mass is 300 g/mol. The summed E-state index contributed by atoms with van der Waals surface area (Å²) in [5, 5.41) is 7.52. The minimum atomic E-state index is 0.692. The summed E-state index contributed by atoms with van der Waals surface area (Å²) in [4.78, 5) is 14.3. The highest BCUT2D eigenvalue weighted by molar-refractivity contribution is 7.13. The third kappa shape index (κ3) is 3.08. The van der Waals surface area contributed by atoms with E-state index in [0.717, 1.165) is 34.9 Å². The van der Waals surface area contributed by atoms with Gasteiger partial charge in [-0.15, -0.1) is 11.3 Å². The number of hydrogen-bond acceptors (Lipinski definition) is 6. The maximum absolute atomic E-state index is 4.63. The smallest absolute Gasteiger partial charge is 0.173 e. The lowest BCUT2D eigenvalue weighted by molar-refractivity contribution is 0.768. The normalized spacial score (nSPS) is 10.8. The number of nitrogens with one attached hydrogen (secondary N) is 1. The van der Waals surface area contributed by atoms with Crippen molar-refractivity contribution < 1.29 is 0 Å². The van der Waals surface area contributed by atoms with Crippen LogP contribution < -0.4 is 5.32 Å². The molecular formula is C14H16N6S. The molecule has 108 valence electrons. The predicted octanol–water partition coefficient (Wildman–Crippen LogP) is 2.82. The van der Waals surface area contributed by atoms with Gasteiger partial charge in [-0.25, -0.2) is 9.97 Å². The van der Waals surface area contributed by atoms with E-state index in [1.165, 1.54) is 11.3 Å². The van der Waals surface area contributed by atoms with Crippen LogP contribution in [0.15, 0.2) is 30.2 Å². The summed E-state index contributed by atoms with van der Waals surface area (Å²) in [6.07, 6.45) is 6.59. The summed E-state index contributed by atoms with van der Waals surface area (Å²) in [7, 11) is 1.89. The van der Waals surface area contributed by atoms with E-state index in [2.05, 4.69) is 32.3 Å². The molecule has 0 aliphatic heterocycles. The standard InChI is InChI=1S/C14H16N6S/c1-3-4-16-13-5-11(10-6-17-20(2)8-10)18-14(19-13)12-7-15-9-21-12/h5-9H,3-4H2,1-2H3,(H,16,18,19). The van der Waals surface area contributed by atoms with Gasteiger partial charge in [0.25, 0.3) is 0 Å². The Morgan fingerprint density at radius 3 is 2.86 bits per heavy atom. The number of hydrogen-bond donors (Lipinski definition) is 1. The van der Waals surface area contributed by atoms with Gasteiger partial charge in [-0.2, -0.15) is 5.10 Å². The maximum atomic E-state index is 4.63. The minimum Gasteiger partial charge on any atom is -0.370 e. The Balaban J connectivity index is 2.04. The van der Waals surface area contributed by atoms with E-state index in [4.69, 9.17) is 0 Å². The highest BCUT2D eigenvalue weighted by Crippen LogP contribution is 2.25. The largest absolute Gasteiger partial charge is 0.370 e. The number of nitrogens with zero attached hydrogens (tertiary/aromatic N) is 5. The molecule has 0 atom stereocenters. The second-order valence-electron chi connectivity index (χ2n) is 4.66. The average molecular weight is 300 g/mol. The Bertz CT molecular complexity index is 719. The molecule has 21 heavy (non-hydrogen) atoms. The van der Waals surface area contributed by atoms with E-state index in [1.54, 1.807) is 16.4 Å². The summed E-state index contributed by atoms with van der Waals surface area (Å²) < 4.78 is 1.77. The zero-order chi connectivity index (χ0) is 14.7. The first-order valence-electron chi connectivity index (χ1n) is 6.77. The van der Waals surface area contributed by atoms with Crippen molar-refractivity contribution in [3.63, 3.8) is 0 Å². The number of rotatable bonds is 5. The van der Waals surface area contributed by atoms with Gasteiger partial charge in [0.15, 0.2) is 5.82 Å². The third-order valence-corrected chi connectivity index (χ3v) is 3.70. The van der Waals surface area contributed by atoms with Crippen LogP contribution >= 0.6 is 11.3 Å². The van der Waals surface area contributed by atoms with Crippen molar-refractivity contribution in [3.8, 4) is 22.0 Å². The molecule has 3 heterocycles. The van der Waals surface area contributed by atoms with E-state index in [0.29, 0.717) is 5.82 Å². The van der Waals surface area contributed by atoms with Gasteiger partial charge in [0.1, 0.15) is 5.82 Å². The topological polar surface area (TPSA) is 68.5 Å². The van der Waals surface area contributed by atoms with E-state index >= 15 is 0 Å². The summed E-state index contributed by atoms with van der Waals surface area (Å²) in [5.41, 5.74) is 3.62. The van der Waals surface area contributed by atoms with Gasteiger partial charge in [0.2, 0.25) is 0 Å². The van der Waals surface area contributed by atoms with Crippen molar-refractivity contribution in [1.82, 2.24) is 24.7 Å². The lowest BCUT2D eigenvalue weighted by atomic mass is 10.2. The fourth-order valence-corrected chi connectivity index (χ4v) is 2.48. The van der Waals surface area contributed by atoms with Crippen LogP contribution in [0.3, 0.4) is 0 Å². The van der Waals surface area contributed by atoms with Crippen molar-refractivity contribution in [1.29, 1.82) is 0 Å². The summed E-state index contributed by atoms with van der Waals surface area (Å²) in [6, 6.07) is 1.96. The molecule has 0 fully saturated rings. The molecule has 0 saturated carbocycles. The van der Waals surface area contributed by atoms with Gasteiger partial charge >= 0.3 is 0 Å². The Morgan fingerprint density at radius 1 is 1.29 bits per heavy atom. The Labute approximate surface area is 126 Å². The number of aromatic nitrogens is 5. The van der Waals surface area contributed by atoms with E-state index in [-0.39, 0.29) is 0 Å². The van der Waals surface area contributed by atoms with Crippen LogP contribution in [0, 0.1) is 0 Å². The lowest BCUT2D eigenvalue weighted by Gasteiger charge is -2.07. The second-order valence-corrected chi connectivity index (χ2v) is 5.54. The molecule has 6 nitrogen and oxygen atoms in total. The van der Waals surface area contributed by atoms with Crippen molar-refractivity contribution in [2.45, 2.75) is 13.3 Å². The molecule has 3 rings (SSSR count). The first-order chi connectivity index (χ1) is 10.3. The third-order valence-electron chi connectivity index (χ3n) is 2.94. The lowest BCUT2D eigenvalue weighted by Crippen LogP contribution is -2.04. The minimum absolute atomic E-state index is 0.692. The van der Waals surface area contributed by atoms with Crippen molar-refractivity contribution in [3.05, 3.63) is 30.2 Å². The fraction of sp³-hybridized carbons (Fsp3) is 0.286. The Kier molecular flexibility index (Phi) is 3.92. The van der Waals surface area contributed by atoms with Gasteiger partial charge < -0.3 is 5.32 Å². The predicted molar refractivity (Wildman–Crippen MR) is 84.1 cm³/mol. The van der Waals surface area contributed by atoms with Crippen LogP contribution in [0.25, 0.3) is 22.0 Å². The van der Waals surface area contributed by atoms with Crippen LogP contribution in [0.2, 0.25) is 0 Å². The van der Waals surface area contributed by atoms with Crippen molar-refractivity contribution >= 4 is 17.2 Å². The van der Waals surface area contributed by atoms with E-state index in [1.807, 2.05) is 25.5 Å². The summed E-state index contributed by atoms with van der Waals surface area (Å²) in [6.45, 7) is 3.01. The molecule has 1 N–H and O–H groups in total. The number of anilines is 1. The fourth-order valence-electron chi connectivity index (χ4n) is 1.93. The molecule has 0 aliphatic carbocycles. The Hall–Kier alpha value is -2.28. The highest BCUT2D eigenvalue weighted by Gasteiger charge is 2.10. The van der Waals surface area contributed by atoms with Crippen molar-refractivity contribution in [2.75, 3.05) is 11.9 Å². The second kappa shape index (κ2) is 6.01. The molecule has 0 spiro atoms. The maximum Gasteiger partial charge on any atom is 0.173 e. The van der Waals surface area contributed by atoms with Crippen LogP contribution in [0.5, 0.6) is 0 Å².